The van der Waals surface area contributed by atoms with Gasteiger partial charge in [-0.3, -0.25) is 0 Å². The van der Waals surface area contributed by atoms with Crippen LogP contribution >= 0.6 is 0 Å². The van der Waals surface area contributed by atoms with Crippen LogP contribution in [-0.2, 0) is 14.3 Å². The molecule has 0 aromatic rings. The van der Waals surface area contributed by atoms with Crippen molar-refractivity contribution in [3.63, 3.8) is 0 Å². The largest absolute Gasteiger partial charge is 0.478 e. The molecule has 1 unspecified atom stereocenters. The van der Waals surface area contributed by atoms with Crippen LogP contribution in [0.1, 0.15) is 156 Å². The van der Waals surface area contributed by atoms with Crippen molar-refractivity contribution in [2.24, 2.45) is 5.92 Å². The topological polar surface area (TPSA) is 63.6 Å². The lowest BCUT2D eigenvalue weighted by Gasteiger charge is -2.13. The molecular weight excluding hydrogens is 448 g/mol. The van der Waals surface area contributed by atoms with Gasteiger partial charge in [0, 0.05) is 11.6 Å². The molecule has 212 valence electrons. The molecule has 0 saturated carbocycles. The molecule has 0 fully saturated rings. The van der Waals surface area contributed by atoms with Gasteiger partial charge in [0.2, 0.25) is 0 Å². The average Bonchev–Trinajstić information content (AvgIpc) is 2.88. The number of rotatable bonds is 25. The van der Waals surface area contributed by atoms with Crippen LogP contribution in [0.5, 0.6) is 0 Å². The summed E-state index contributed by atoms with van der Waals surface area (Å²) >= 11 is 0. The van der Waals surface area contributed by atoms with Crippen LogP contribution in [0.3, 0.4) is 0 Å². The predicted molar refractivity (Wildman–Crippen MR) is 155 cm³/mol. The fraction of sp³-hybridized carbons (Fsp3) is 0.812. The third-order valence-corrected chi connectivity index (χ3v) is 6.81. The van der Waals surface area contributed by atoms with Gasteiger partial charge in [0.25, 0.3) is 0 Å². The molecule has 1 N–H and O–H groups in total. The highest BCUT2D eigenvalue weighted by Crippen LogP contribution is 2.15. The van der Waals surface area contributed by atoms with E-state index in [0.29, 0.717) is 24.5 Å². The van der Waals surface area contributed by atoms with E-state index in [1.165, 1.54) is 109 Å². The quantitative estimate of drug-likeness (QED) is 0.0756. The molecule has 0 spiro atoms. The average molecular weight is 509 g/mol. The van der Waals surface area contributed by atoms with E-state index in [1.807, 2.05) is 0 Å². The summed E-state index contributed by atoms with van der Waals surface area (Å²) in [7, 11) is 0. The van der Waals surface area contributed by atoms with Crippen LogP contribution in [0, 0.1) is 5.92 Å². The standard InChI is InChI=1S/C21H40O2.C11H20O2/c1-3-4-5-6-7-8-9-10-11-12-13-14-15-16-17-18-19-20(2)21(22)23;1-4-7-8-10(5-2)9-13-11(12)6-3/h2-19H2,1H3,(H,22,23);6,10H,3-5,7-9H2,1-2H3. The molecule has 0 amide bonds. The van der Waals surface area contributed by atoms with Crippen molar-refractivity contribution in [3.8, 4) is 0 Å². The number of hydrogen-bond acceptors (Lipinski definition) is 3. The maximum Gasteiger partial charge on any atom is 0.330 e. The number of unbranched alkanes of at least 4 members (excludes halogenated alkanes) is 16. The molecule has 0 rings (SSSR count). The second-order valence-electron chi connectivity index (χ2n) is 10.2. The molecule has 0 radical (unpaired) electrons. The van der Waals surface area contributed by atoms with Gasteiger partial charge in [-0.25, -0.2) is 9.59 Å². The zero-order valence-corrected chi connectivity index (χ0v) is 24.3. The van der Waals surface area contributed by atoms with Crippen LogP contribution in [0.15, 0.2) is 24.8 Å². The van der Waals surface area contributed by atoms with Crippen LogP contribution < -0.4 is 0 Å². The van der Waals surface area contributed by atoms with Crippen molar-refractivity contribution in [3.05, 3.63) is 24.8 Å². The van der Waals surface area contributed by atoms with Gasteiger partial charge >= 0.3 is 11.9 Å². The SMILES string of the molecule is C=C(CCCCCCCCCCCCCCCCCC)C(=O)O.C=CC(=O)OCC(CC)CCCC. The number of carbonyl (C=O) groups is 2. The van der Waals surface area contributed by atoms with E-state index >= 15 is 0 Å². The Hall–Kier alpha value is -1.58. The highest BCUT2D eigenvalue weighted by Gasteiger charge is 2.07. The third-order valence-electron chi connectivity index (χ3n) is 6.81. The Morgan fingerprint density at radius 3 is 1.50 bits per heavy atom. The van der Waals surface area contributed by atoms with E-state index in [9.17, 15) is 9.59 Å². The van der Waals surface area contributed by atoms with Gasteiger partial charge in [-0.2, -0.15) is 0 Å². The molecule has 0 heterocycles. The molecule has 4 nitrogen and oxygen atoms in total. The number of ether oxygens (including phenoxy) is 1. The summed E-state index contributed by atoms with van der Waals surface area (Å²) in [5.41, 5.74) is 0.357. The molecule has 0 aliphatic heterocycles. The molecule has 0 aliphatic carbocycles. The van der Waals surface area contributed by atoms with Crippen LogP contribution in [-0.4, -0.2) is 23.7 Å². The first kappa shape index (κ1) is 36.6. The molecule has 0 aromatic carbocycles. The van der Waals surface area contributed by atoms with Gasteiger partial charge in [-0.1, -0.05) is 150 Å². The zero-order valence-electron chi connectivity index (χ0n) is 24.3. The Kier molecular flexibility index (Phi) is 30.1. The van der Waals surface area contributed by atoms with E-state index in [2.05, 4.69) is 33.9 Å². The van der Waals surface area contributed by atoms with Gasteiger partial charge < -0.3 is 9.84 Å². The summed E-state index contributed by atoms with van der Waals surface area (Å²) in [5, 5.41) is 8.71. The normalized spacial score (nSPS) is 11.3. The molecule has 4 heteroatoms. The predicted octanol–water partition coefficient (Wildman–Crippen LogP) is 10.2. The molecule has 0 bridgehead atoms. The number of aliphatic carboxylic acids is 1. The Bertz CT molecular complexity index is 526. The minimum absolute atomic E-state index is 0.310. The van der Waals surface area contributed by atoms with Crippen molar-refractivity contribution in [1.29, 1.82) is 0 Å². The Labute approximate surface area is 224 Å². The summed E-state index contributed by atoms with van der Waals surface area (Å²) in [5.74, 6) is -0.634. The van der Waals surface area contributed by atoms with Crippen LogP contribution in [0.2, 0.25) is 0 Å². The van der Waals surface area contributed by atoms with E-state index in [4.69, 9.17) is 9.84 Å². The Morgan fingerprint density at radius 2 is 1.14 bits per heavy atom. The van der Waals surface area contributed by atoms with Crippen molar-refractivity contribution >= 4 is 11.9 Å². The summed E-state index contributed by atoms with van der Waals surface area (Å²) in [4.78, 5) is 21.4. The summed E-state index contributed by atoms with van der Waals surface area (Å²) in [6.45, 7) is 14.0. The first-order valence-electron chi connectivity index (χ1n) is 15.1. The number of carboxylic acids is 1. The minimum Gasteiger partial charge on any atom is -0.478 e. The molecule has 0 saturated heterocycles. The number of carbonyl (C=O) groups excluding carboxylic acids is 1. The smallest absolute Gasteiger partial charge is 0.330 e. The highest BCUT2D eigenvalue weighted by molar-refractivity contribution is 5.85. The molecule has 1 atom stereocenters. The van der Waals surface area contributed by atoms with Crippen molar-refractivity contribution in [2.75, 3.05) is 6.61 Å². The fourth-order valence-electron chi connectivity index (χ4n) is 4.15. The van der Waals surface area contributed by atoms with E-state index in [1.54, 1.807) is 0 Å². The van der Waals surface area contributed by atoms with Crippen molar-refractivity contribution in [2.45, 2.75) is 156 Å². The van der Waals surface area contributed by atoms with Gasteiger partial charge in [0.1, 0.15) is 0 Å². The second kappa shape index (κ2) is 29.6. The molecular formula is C32H60O4. The first-order valence-corrected chi connectivity index (χ1v) is 15.1. The third kappa shape index (κ3) is 28.7. The van der Waals surface area contributed by atoms with Gasteiger partial charge in [-0.05, 0) is 25.2 Å². The van der Waals surface area contributed by atoms with Crippen LogP contribution in [0.25, 0.3) is 0 Å². The van der Waals surface area contributed by atoms with Crippen molar-refractivity contribution in [1.82, 2.24) is 0 Å². The van der Waals surface area contributed by atoms with Gasteiger partial charge in [0.15, 0.2) is 0 Å². The summed E-state index contributed by atoms with van der Waals surface area (Å²) < 4.78 is 4.98. The summed E-state index contributed by atoms with van der Waals surface area (Å²) in [6.07, 6.45) is 28.0. The lowest BCUT2D eigenvalue weighted by molar-refractivity contribution is -0.139. The van der Waals surface area contributed by atoms with Gasteiger partial charge in [-0.15, -0.1) is 0 Å². The highest BCUT2D eigenvalue weighted by atomic mass is 16.5. The molecule has 0 aliphatic rings. The fourth-order valence-corrected chi connectivity index (χ4v) is 4.15. The number of hydrogen-bond donors (Lipinski definition) is 1. The van der Waals surface area contributed by atoms with E-state index in [-0.39, 0.29) is 5.97 Å². The molecule has 36 heavy (non-hydrogen) atoms. The second-order valence-corrected chi connectivity index (χ2v) is 10.2. The number of esters is 1. The molecule has 0 aromatic heterocycles. The maximum atomic E-state index is 10.8. The number of carboxylic acid groups (broad SMARTS) is 1. The maximum absolute atomic E-state index is 10.8. The van der Waals surface area contributed by atoms with Crippen molar-refractivity contribution < 1.29 is 19.4 Å². The first-order chi connectivity index (χ1) is 17.4. The van der Waals surface area contributed by atoms with Crippen LogP contribution in [0.4, 0.5) is 0 Å². The lowest BCUT2D eigenvalue weighted by Crippen LogP contribution is -2.12. The zero-order chi connectivity index (χ0) is 27.3. The monoisotopic (exact) mass is 508 g/mol. The Balaban J connectivity index is 0. The minimum atomic E-state index is -0.842. The summed E-state index contributed by atoms with van der Waals surface area (Å²) in [6, 6.07) is 0. The van der Waals surface area contributed by atoms with E-state index < -0.39 is 5.97 Å². The van der Waals surface area contributed by atoms with E-state index in [0.717, 1.165) is 25.7 Å². The Morgan fingerprint density at radius 1 is 0.722 bits per heavy atom. The lowest BCUT2D eigenvalue weighted by atomic mass is 10.0. The van der Waals surface area contributed by atoms with Gasteiger partial charge in [0.05, 0.1) is 6.61 Å².